The molecule has 1 saturated carbocycles. The van der Waals surface area contributed by atoms with Gasteiger partial charge in [-0.2, -0.15) is 23.4 Å². The van der Waals surface area contributed by atoms with Gasteiger partial charge in [0.15, 0.2) is 5.69 Å². The first-order valence-electron chi connectivity index (χ1n) is 10.6. The summed E-state index contributed by atoms with van der Waals surface area (Å²) in [5, 5.41) is 13.9. The van der Waals surface area contributed by atoms with Crippen molar-refractivity contribution in [1.29, 1.82) is 0 Å². The van der Waals surface area contributed by atoms with Gasteiger partial charge < -0.3 is 0 Å². The molecule has 4 heterocycles. The van der Waals surface area contributed by atoms with Crippen molar-refractivity contribution >= 4 is 40.4 Å². The van der Waals surface area contributed by atoms with Crippen molar-refractivity contribution in [3.8, 4) is 0 Å². The van der Waals surface area contributed by atoms with E-state index in [4.69, 9.17) is 5.10 Å². The predicted octanol–water partition coefficient (Wildman–Crippen LogP) is 6.16. The Bertz CT molecular complexity index is 1210. The third-order valence-corrected chi connectivity index (χ3v) is 7.77. The molecule has 3 aromatic heterocycles. The Labute approximate surface area is 196 Å². The Balaban J connectivity index is 1.48. The number of fused-ring (bicyclic) bond motifs is 1. The van der Waals surface area contributed by atoms with Gasteiger partial charge in [-0.05, 0) is 66.8 Å². The number of halogens is 3. The molecule has 2 atom stereocenters. The summed E-state index contributed by atoms with van der Waals surface area (Å²) >= 11 is 3.22. The molecule has 0 saturated heterocycles. The van der Waals surface area contributed by atoms with Gasteiger partial charge in [-0.1, -0.05) is 12.1 Å². The van der Waals surface area contributed by atoms with E-state index in [1.54, 1.807) is 22.7 Å². The highest BCUT2D eigenvalue weighted by molar-refractivity contribution is 7.11. The number of alkyl halides is 3. The number of hydrogen-bond donors (Lipinski definition) is 0. The summed E-state index contributed by atoms with van der Waals surface area (Å²) < 4.78 is 40.3. The normalized spacial score (nSPS) is 22.0. The molecule has 0 radical (unpaired) electrons. The van der Waals surface area contributed by atoms with Gasteiger partial charge in [-0.15, -0.1) is 22.7 Å². The first kappa shape index (κ1) is 22.1. The fourth-order valence-corrected chi connectivity index (χ4v) is 6.06. The Morgan fingerprint density at radius 1 is 1.24 bits per heavy atom. The molecule has 1 aliphatic heterocycles. The van der Waals surface area contributed by atoms with E-state index in [2.05, 4.69) is 17.2 Å². The van der Waals surface area contributed by atoms with Gasteiger partial charge in [0.2, 0.25) is 0 Å². The summed E-state index contributed by atoms with van der Waals surface area (Å²) in [6, 6.07) is 8.69. The van der Waals surface area contributed by atoms with Crippen LogP contribution in [0, 0.1) is 12.8 Å². The maximum atomic E-state index is 13.4. The van der Waals surface area contributed by atoms with Gasteiger partial charge in [-0.3, -0.25) is 9.48 Å². The third-order valence-electron chi connectivity index (χ3n) is 6.01. The average Bonchev–Trinajstić information content (AvgIpc) is 3.54. The molecule has 10 heteroatoms. The molecule has 3 aromatic rings. The minimum absolute atomic E-state index is 0.0667. The number of rotatable bonds is 4. The van der Waals surface area contributed by atoms with E-state index in [1.165, 1.54) is 11.9 Å². The van der Waals surface area contributed by atoms with Crippen LogP contribution in [0.1, 0.15) is 46.4 Å². The topological polar surface area (TPSA) is 50.5 Å². The highest BCUT2D eigenvalue weighted by atomic mass is 32.1. The summed E-state index contributed by atoms with van der Waals surface area (Å²) in [7, 11) is 0. The van der Waals surface area contributed by atoms with Crippen LogP contribution in [0.2, 0.25) is 0 Å². The summed E-state index contributed by atoms with van der Waals surface area (Å²) in [5.41, 5.74) is 1.32. The molecule has 5 nitrogen and oxygen atoms in total. The van der Waals surface area contributed by atoms with Crippen LogP contribution in [-0.4, -0.2) is 26.4 Å². The van der Waals surface area contributed by atoms with Crippen molar-refractivity contribution in [2.24, 2.45) is 11.0 Å². The molecular weight excluding hydrogens is 469 g/mol. The number of carbonyl (C=O) groups excluding carboxylic acids is 1. The van der Waals surface area contributed by atoms with Crippen molar-refractivity contribution < 1.29 is 18.0 Å². The smallest absolute Gasteiger partial charge is 0.271 e. The molecule has 0 aromatic carbocycles. The standard InChI is InChI=1S/C23H21F3N4OS2/c1-14-11-19(23(24,25)26)27-29(14)13-20(31)30-22(18-8-4-10-33-18)17-7-2-5-15(21(17)28-30)12-16-6-3-9-32-16/h3-4,6,8-12,17,22H,2,5,7,13H2,1H3/b15-12+/t17-,22-/m1/s1. The van der Waals surface area contributed by atoms with Crippen molar-refractivity contribution in [3.63, 3.8) is 0 Å². The molecule has 2 aliphatic rings. The lowest BCUT2D eigenvalue weighted by Gasteiger charge is -2.28. The van der Waals surface area contributed by atoms with Crippen LogP contribution in [-0.2, 0) is 17.5 Å². The lowest BCUT2D eigenvalue weighted by Crippen LogP contribution is -2.33. The summed E-state index contributed by atoms with van der Waals surface area (Å²) in [6.07, 6.45) is 0.384. The summed E-state index contributed by atoms with van der Waals surface area (Å²) in [4.78, 5) is 15.5. The number of hydrogen-bond acceptors (Lipinski definition) is 5. The predicted molar refractivity (Wildman–Crippen MR) is 123 cm³/mol. The van der Waals surface area contributed by atoms with Crippen LogP contribution in [0.5, 0.6) is 0 Å². The molecule has 1 aliphatic carbocycles. The number of thiophene rings is 2. The zero-order valence-corrected chi connectivity index (χ0v) is 19.4. The first-order valence-corrected chi connectivity index (χ1v) is 12.4. The van der Waals surface area contributed by atoms with Gasteiger partial charge in [0.25, 0.3) is 5.91 Å². The van der Waals surface area contributed by atoms with E-state index >= 15 is 0 Å². The number of nitrogens with zero attached hydrogens (tertiary/aromatic N) is 4. The molecule has 33 heavy (non-hydrogen) atoms. The SMILES string of the molecule is Cc1cc(C(F)(F)F)nn1CC(=O)N1N=C2/C(=C/c3cccs3)CCC[C@H]2[C@@H]1c1cccs1. The largest absolute Gasteiger partial charge is 0.435 e. The van der Waals surface area contributed by atoms with Crippen LogP contribution in [0.15, 0.2) is 51.8 Å². The lowest BCUT2D eigenvalue weighted by molar-refractivity contribution is -0.142. The van der Waals surface area contributed by atoms with Gasteiger partial charge in [-0.25, -0.2) is 5.01 Å². The van der Waals surface area contributed by atoms with Crippen LogP contribution in [0.25, 0.3) is 6.08 Å². The Morgan fingerprint density at radius 3 is 2.70 bits per heavy atom. The molecule has 5 rings (SSSR count). The van der Waals surface area contributed by atoms with Gasteiger partial charge in [0.1, 0.15) is 6.54 Å². The van der Waals surface area contributed by atoms with Crippen molar-refractivity contribution in [3.05, 3.63) is 67.8 Å². The number of hydrazone groups is 1. The minimum Gasteiger partial charge on any atom is -0.271 e. The highest BCUT2D eigenvalue weighted by Gasteiger charge is 2.44. The second-order valence-corrected chi connectivity index (χ2v) is 10.2. The molecule has 1 fully saturated rings. The van der Waals surface area contributed by atoms with Gasteiger partial charge >= 0.3 is 6.18 Å². The number of aryl methyl sites for hydroxylation is 1. The van der Waals surface area contributed by atoms with Crippen LogP contribution in [0.4, 0.5) is 13.2 Å². The number of amides is 1. The number of aromatic nitrogens is 2. The van der Waals surface area contributed by atoms with Crippen LogP contribution < -0.4 is 0 Å². The molecule has 1 amide bonds. The molecular formula is C23H21F3N4OS2. The zero-order valence-electron chi connectivity index (χ0n) is 17.7. The number of carbonyl (C=O) groups is 1. The first-order chi connectivity index (χ1) is 15.8. The molecule has 0 bridgehead atoms. The minimum atomic E-state index is -4.55. The van der Waals surface area contributed by atoms with Gasteiger partial charge in [0.05, 0.1) is 11.8 Å². The monoisotopic (exact) mass is 490 g/mol. The van der Waals surface area contributed by atoms with Crippen LogP contribution in [0.3, 0.4) is 0 Å². The fraction of sp³-hybridized carbons (Fsp3) is 0.348. The second-order valence-electron chi connectivity index (χ2n) is 8.19. The van der Waals surface area contributed by atoms with E-state index in [9.17, 15) is 18.0 Å². The summed E-state index contributed by atoms with van der Waals surface area (Å²) in [5.74, 6) is -0.303. The number of allylic oxidation sites excluding steroid dienone is 1. The maximum Gasteiger partial charge on any atom is 0.435 e. The summed E-state index contributed by atoms with van der Waals surface area (Å²) in [6.45, 7) is 1.22. The Hall–Kier alpha value is -2.72. The molecule has 0 N–H and O–H groups in total. The van der Waals surface area contributed by atoms with E-state index in [-0.39, 0.29) is 30.1 Å². The van der Waals surface area contributed by atoms with Crippen molar-refractivity contribution in [1.82, 2.24) is 14.8 Å². The van der Waals surface area contributed by atoms with Crippen molar-refractivity contribution in [2.75, 3.05) is 0 Å². The molecule has 172 valence electrons. The van der Waals surface area contributed by atoms with E-state index in [1.807, 2.05) is 29.0 Å². The Morgan fingerprint density at radius 2 is 2.03 bits per heavy atom. The van der Waals surface area contributed by atoms with Gasteiger partial charge in [0, 0.05) is 21.4 Å². The highest BCUT2D eigenvalue weighted by Crippen LogP contribution is 2.45. The second kappa shape index (κ2) is 8.57. The quantitative estimate of drug-likeness (QED) is 0.440. The van der Waals surface area contributed by atoms with E-state index < -0.39 is 11.9 Å². The van der Waals surface area contributed by atoms with E-state index in [0.29, 0.717) is 0 Å². The zero-order chi connectivity index (χ0) is 23.2. The third kappa shape index (κ3) is 4.29. The molecule has 0 spiro atoms. The van der Waals surface area contributed by atoms with Crippen molar-refractivity contribution in [2.45, 2.75) is 44.9 Å². The lowest BCUT2D eigenvalue weighted by atomic mass is 9.79. The molecule has 0 unspecified atom stereocenters. The average molecular weight is 491 g/mol. The van der Waals surface area contributed by atoms with E-state index in [0.717, 1.165) is 51.0 Å². The fourth-order valence-electron chi connectivity index (χ4n) is 4.50. The van der Waals surface area contributed by atoms with Crippen LogP contribution >= 0.6 is 22.7 Å². The Kier molecular flexibility index (Phi) is 5.74. The maximum absolute atomic E-state index is 13.4.